The molecule has 0 radical (unpaired) electrons. The van der Waals surface area contributed by atoms with Crippen molar-refractivity contribution < 1.29 is 0 Å². The average Bonchev–Trinajstić information content (AvgIpc) is 3.50. The third-order valence-electron chi connectivity index (χ3n) is 5.92. The lowest BCUT2D eigenvalue weighted by molar-refractivity contribution is 0.578. The first-order chi connectivity index (χ1) is 14.8. The van der Waals surface area contributed by atoms with Crippen molar-refractivity contribution in [2.45, 2.75) is 19.3 Å². The quantitative estimate of drug-likeness (QED) is 0.481. The summed E-state index contributed by atoms with van der Waals surface area (Å²) in [6.45, 7) is 2.18. The van der Waals surface area contributed by atoms with Gasteiger partial charge in [-0.05, 0) is 31.4 Å². The van der Waals surface area contributed by atoms with Crippen molar-refractivity contribution in [3.8, 4) is 22.6 Å². The number of fused-ring (bicyclic) bond motifs is 2. The van der Waals surface area contributed by atoms with Crippen LogP contribution in [-0.2, 0) is 7.05 Å². The minimum atomic E-state index is 0.880. The number of anilines is 1. The number of H-pyrrole nitrogens is 2. The third kappa shape index (κ3) is 2.75. The first-order valence-corrected chi connectivity index (χ1v) is 10.3. The van der Waals surface area contributed by atoms with Crippen molar-refractivity contribution in [2.24, 2.45) is 7.05 Å². The summed E-state index contributed by atoms with van der Waals surface area (Å²) >= 11 is 0. The lowest BCUT2D eigenvalue weighted by atomic mass is 10.1. The minimum absolute atomic E-state index is 0.880. The number of pyridine rings is 2. The van der Waals surface area contributed by atoms with Gasteiger partial charge in [0.1, 0.15) is 5.69 Å². The van der Waals surface area contributed by atoms with E-state index in [1.165, 1.54) is 30.3 Å². The second-order valence-electron chi connectivity index (χ2n) is 7.94. The van der Waals surface area contributed by atoms with Crippen LogP contribution < -0.4 is 4.90 Å². The van der Waals surface area contributed by atoms with E-state index in [-0.39, 0.29) is 0 Å². The Bertz CT molecular complexity index is 1350. The van der Waals surface area contributed by atoms with Gasteiger partial charge in [-0.3, -0.25) is 19.7 Å². The van der Waals surface area contributed by atoms with Crippen LogP contribution in [0.3, 0.4) is 0 Å². The first kappa shape index (κ1) is 17.2. The number of rotatable bonds is 3. The molecule has 0 spiro atoms. The Morgan fingerprint density at radius 3 is 2.67 bits per heavy atom. The smallest absolute Gasteiger partial charge is 0.116 e. The van der Waals surface area contributed by atoms with Crippen LogP contribution in [0.2, 0.25) is 0 Å². The molecule has 0 atom stereocenters. The Morgan fingerprint density at radius 1 is 0.933 bits per heavy atom. The van der Waals surface area contributed by atoms with E-state index in [4.69, 9.17) is 0 Å². The zero-order chi connectivity index (χ0) is 20.1. The molecule has 1 fully saturated rings. The number of aryl methyl sites for hydroxylation is 1. The highest BCUT2D eigenvalue weighted by Gasteiger charge is 2.18. The van der Waals surface area contributed by atoms with Crippen molar-refractivity contribution in [2.75, 3.05) is 18.0 Å². The number of hydrogen-bond donors (Lipinski definition) is 2. The Kier molecular flexibility index (Phi) is 3.83. The highest BCUT2D eigenvalue weighted by Crippen LogP contribution is 2.34. The summed E-state index contributed by atoms with van der Waals surface area (Å²) in [4.78, 5) is 15.0. The van der Waals surface area contributed by atoms with E-state index >= 15 is 0 Å². The normalized spacial score (nSPS) is 14.8. The van der Waals surface area contributed by atoms with Gasteiger partial charge in [0.2, 0.25) is 0 Å². The van der Waals surface area contributed by atoms with Gasteiger partial charge in [-0.1, -0.05) is 0 Å². The van der Waals surface area contributed by atoms with Crippen molar-refractivity contribution in [1.29, 1.82) is 0 Å². The van der Waals surface area contributed by atoms with Gasteiger partial charge in [0, 0.05) is 42.7 Å². The molecule has 0 saturated carbocycles. The van der Waals surface area contributed by atoms with E-state index in [2.05, 4.69) is 47.3 Å². The largest absolute Gasteiger partial charge is 0.370 e. The number of hydrogen-bond acceptors (Lipinski definition) is 5. The highest BCUT2D eigenvalue weighted by molar-refractivity contribution is 6.00. The summed E-state index contributed by atoms with van der Waals surface area (Å²) in [5, 5.41) is 14.2. The van der Waals surface area contributed by atoms with Crippen LogP contribution in [0.5, 0.6) is 0 Å². The van der Waals surface area contributed by atoms with E-state index in [1.807, 2.05) is 38.0 Å². The molecule has 1 saturated heterocycles. The number of nitrogens with zero attached hydrogens (tertiary/aromatic N) is 6. The Hall–Kier alpha value is -3.68. The summed E-state index contributed by atoms with van der Waals surface area (Å²) in [7, 11) is 1.91. The molecule has 150 valence electrons. The maximum atomic E-state index is 4.59. The highest BCUT2D eigenvalue weighted by atomic mass is 15.2. The summed E-state index contributed by atoms with van der Waals surface area (Å²) in [6, 6.07) is 4.27. The van der Waals surface area contributed by atoms with Gasteiger partial charge in [-0.2, -0.15) is 10.2 Å². The standard InChI is InChI=1S/C22H22N8/c1-29-13-14(9-25-29)17-8-16-20(11-24-17)27-28-22(16)18-7-15-19(26-18)10-23-12-21(15)30-5-3-2-4-6-30/h7-13,26H,2-6H2,1H3,(H,27,28). The molecule has 1 aliphatic heterocycles. The minimum Gasteiger partial charge on any atom is -0.370 e. The average molecular weight is 398 g/mol. The van der Waals surface area contributed by atoms with Crippen molar-refractivity contribution in [3.05, 3.63) is 43.1 Å². The molecule has 6 rings (SSSR count). The molecule has 5 aromatic rings. The molecule has 2 N–H and O–H groups in total. The topological polar surface area (TPSA) is 91.3 Å². The van der Waals surface area contributed by atoms with E-state index < -0.39 is 0 Å². The molecule has 30 heavy (non-hydrogen) atoms. The van der Waals surface area contributed by atoms with Gasteiger partial charge < -0.3 is 9.88 Å². The molecular weight excluding hydrogens is 376 g/mol. The van der Waals surface area contributed by atoms with Crippen molar-refractivity contribution in [3.63, 3.8) is 0 Å². The van der Waals surface area contributed by atoms with Gasteiger partial charge >= 0.3 is 0 Å². The van der Waals surface area contributed by atoms with Crippen LogP contribution in [-0.4, -0.2) is 48.0 Å². The molecule has 6 heterocycles. The molecule has 0 aliphatic carbocycles. The second-order valence-corrected chi connectivity index (χ2v) is 7.94. The summed E-state index contributed by atoms with van der Waals surface area (Å²) in [6.07, 6.45) is 13.3. The molecule has 0 aromatic carbocycles. The predicted molar refractivity (Wildman–Crippen MR) is 117 cm³/mol. The molecule has 0 amide bonds. The molecule has 1 aliphatic rings. The van der Waals surface area contributed by atoms with Crippen LogP contribution in [0.4, 0.5) is 5.69 Å². The first-order valence-electron chi connectivity index (χ1n) is 10.3. The summed E-state index contributed by atoms with van der Waals surface area (Å²) < 4.78 is 1.78. The Labute approximate surface area is 173 Å². The van der Waals surface area contributed by atoms with Crippen molar-refractivity contribution >= 4 is 27.5 Å². The molecule has 8 heteroatoms. The fourth-order valence-electron chi connectivity index (χ4n) is 4.38. The van der Waals surface area contributed by atoms with E-state index in [0.29, 0.717) is 0 Å². The maximum Gasteiger partial charge on any atom is 0.116 e. The van der Waals surface area contributed by atoms with Crippen LogP contribution in [0.1, 0.15) is 19.3 Å². The van der Waals surface area contributed by atoms with Gasteiger partial charge in [0.05, 0.1) is 52.9 Å². The number of nitrogens with one attached hydrogen (secondary N) is 2. The van der Waals surface area contributed by atoms with Crippen LogP contribution in [0.25, 0.3) is 44.5 Å². The predicted octanol–water partition coefficient (Wildman–Crippen LogP) is 3.89. The molecular formula is C22H22N8. The SMILES string of the molecule is Cn1cc(-c2cc3c(-c4cc5c(N6CCCCC6)cncc5[nH]4)n[nH]c3cn2)cn1. The number of piperidine rings is 1. The van der Waals surface area contributed by atoms with E-state index in [1.54, 1.807) is 4.68 Å². The molecule has 8 nitrogen and oxygen atoms in total. The van der Waals surface area contributed by atoms with E-state index in [0.717, 1.165) is 52.2 Å². The van der Waals surface area contributed by atoms with Crippen LogP contribution in [0.15, 0.2) is 43.1 Å². The number of aromatic nitrogens is 7. The second kappa shape index (κ2) is 6.69. The third-order valence-corrected chi connectivity index (χ3v) is 5.92. The van der Waals surface area contributed by atoms with Gasteiger partial charge in [-0.25, -0.2) is 0 Å². The van der Waals surface area contributed by atoms with Gasteiger partial charge in [0.15, 0.2) is 0 Å². The fraction of sp³-hybridized carbons (Fsp3) is 0.273. The molecule has 5 aromatic heterocycles. The summed E-state index contributed by atoms with van der Waals surface area (Å²) in [5.41, 5.74) is 6.87. The van der Waals surface area contributed by atoms with Gasteiger partial charge in [-0.15, -0.1) is 0 Å². The lowest BCUT2D eigenvalue weighted by Gasteiger charge is -2.28. The number of aromatic amines is 2. The molecule has 0 unspecified atom stereocenters. The maximum absolute atomic E-state index is 4.59. The lowest BCUT2D eigenvalue weighted by Crippen LogP contribution is -2.29. The fourth-order valence-corrected chi connectivity index (χ4v) is 4.38. The summed E-state index contributed by atoms with van der Waals surface area (Å²) in [5.74, 6) is 0. The zero-order valence-electron chi connectivity index (χ0n) is 16.8. The monoisotopic (exact) mass is 398 g/mol. The Morgan fingerprint density at radius 2 is 1.83 bits per heavy atom. The van der Waals surface area contributed by atoms with E-state index in [9.17, 15) is 0 Å². The Balaban J connectivity index is 1.47. The zero-order valence-corrected chi connectivity index (χ0v) is 16.8. The molecule has 0 bridgehead atoms. The van der Waals surface area contributed by atoms with Crippen LogP contribution in [0, 0.1) is 0 Å². The van der Waals surface area contributed by atoms with Gasteiger partial charge in [0.25, 0.3) is 0 Å². The van der Waals surface area contributed by atoms with Crippen LogP contribution >= 0.6 is 0 Å². The van der Waals surface area contributed by atoms with Crippen molar-refractivity contribution in [1.82, 2.24) is 34.9 Å².